The van der Waals surface area contributed by atoms with Gasteiger partial charge < -0.3 is 5.32 Å². The quantitative estimate of drug-likeness (QED) is 0.408. The summed E-state index contributed by atoms with van der Waals surface area (Å²) in [7, 11) is 0. The maximum Gasteiger partial charge on any atom is 0.234 e. The van der Waals surface area contributed by atoms with Crippen LogP contribution in [0, 0.1) is 12.7 Å². The van der Waals surface area contributed by atoms with Gasteiger partial charge in [0.15, 0.2) is 11.0 Å². The number of thioether (sulfide) groups is 1. The minimum absolute atomic E-state index is 0.113. The molecule has 0 aliphatic rings. The molecule has 31 heavy (non-hydrogen) atoms. The number of benzene rings is 2. The van der Waals surface area contributed by atoms with Crippen LogP contribution < -0.4 is 5.32 Å². The summed E-state index contributed by atoms with van der Waals surface area (Å²) in [5.41, 5.74) is 3.07. The molecule has 4 aromatic rings. The zero-order valence-electron chi connectivity index (χ0n) is 16.4. The Labute approximate surface area is 187 Å². The first kappa shape index (κ1) is 21.0. The highest BCUT2D eigenvalue weighted by Gasteiger charge is 2.17. The first-order valence-corrected chi connectivity index (χ1v) is 10.7. The number of nitrogens with one attached hydrogen (secondary N) is 1. The highest BCUT2D eigenvalue weighted by atomic mass is 35.5. The Morgan fingerprint density at radius 2 is 1.84 bits per heavy atom. The fourth-order valence-electron chi connectivity index (χ4n) is 2.92. The van der Waals surface area contributed by atoms with Crippen LogP contribution in [0.3, 0.4) is 0 Å². The fraction of sp³-hybridized carbons (Fsp3) is 0.0909. The summed E-state index contributed by atoms with van der Waals surface area (Å²) in [4.78, 5) is 16.6. The van der Waals surface area contributed by atoms with Crippen LogP contribution in [0.4, 0.5) is 10.1 Å². The van der Waals surface area contributed by atoms with E-state index in [9.17, 15) is 9.18 Å². The van der Waals surface area contributed by atoms with Crippen LogP contribution in [0.1, 0.15) is 5.56 Å². The average Bonchev–Trinajstić information content (AvgIpc) is 3.20. The van der Waals surface area contributed by atoms with Crippen molar-refractivity contribution >= 4 is 35.0 Å². The molecule has 0 aliphatic carbocycles. The van der Waals surface area contributed by atoms with Crippen LogP contribution in [0.5, 0.6) is 0 Å². The van der Waals surface area contributed by atoms with Crippen LogP contribution in [0.15, 0.2) is 72.1 Å². The lowest BCUT2D eigenvalue weighted by molar-refractivity contribution is -0.113. The molecule has 2 heterocycles. The molecule has 156 valence electrons. The van der Waals surface area contributed by atoms with E-state index in [2.05, 4.69) is 20.5 Å². The molecule has 0 atom stereocenters. The standard InChI is InChI=1S/C22H17ClFN5OS/c1-14-2-3-16(23)12-19(14)26-20(30)13-31-22-28-27-21(15-8-10-25-11-9-15)29(22)18-6-4-17(24)5-7-18/h2-12H,13H2,1H3,(H,26,30). The van der Waals surface area contributed by atoms with E-state index >= 15 is 0 Å². The van der Waals surface area contributed by atoms with Crippen molar-refractivity contribution in [2.75, 3.05) is 11.1 Å². The van der Waals surface area contributed by atoms with Crippen molar-refractivity contribution in [3.05, 3.63) is 83.4 Å². The topological polar surface area (TPSA) is 72.7 Å². The van der Waals surface area contributed by atoms with Gasteiger partial charge in [-0.25, -0.2) is 4.39 Å². The number of aryl methyl sites for hydroxylation is 1. The highest BCUT2D eigenvalue weighted by Crippen LogP contribution is 2.28. The molecule has 0 unspecified atom stereocenters. The van der Waals surface area contributed by atoms with E-state index in [-0.39, 0.29) is 17.5 Å². The third kappa shape index (κ3) is 4.92. The van der Waals surface area contributed by atoms with Crippen molar-refractivity contribution in [1.29, 1.82) is 0 Å². The van der Waals surface area contributed by atoms with Gasteiger partial charge in [0.05, 0.1) is 5.75 Å². The van der Waals surface area contributed by atoms with E-state index in [4.69, 9.17) is 11.6 Å². The summed E-state index contributed by atoms with van der Waals surface area (Å²) in [6.07, 6.45) is 3.32. The molecule has 0 fully saturated rings. The molecule has 0 saturated carbocycles. The lowest BCUT2D eigenvalue weighted by Crippen LogP contribution is -2.15. The van der Waals surface area contributed by atoms with Gasteiger partial charge in [0.2, 0.25) is 5.91 Å². The maximum absolute atomic E-state index is 13.5. The molecular weight excluding hydrogens is 437 g/mol. The fourth-order valence-corrected chi connectivity index (χ4v) is 3.84. The Morgan fingerprint density at radius 3 is 2.58 bits per heavy atom. The third-order valence-electron chi connectivity index (χ3n) is 4.46. The SMILES string of the molecule is Cc1ccc(Cl)cc1NC(=O)CSc1nnc(-c2ccncc2)n1-c1ccc(F)cc1. The number of carbonyl (C=O) groups excluding carboxylic acids is 1. The molecule has 9 heteroatoms. The first-order valence-electron chi connectivity index (χ1n) is 9.32. The number of rotatable bonds is 6. The van der Waals surface area contributed by atoms with Gasteiger partial charge >= 0.3 is 0 Å². The molecule has 1 amide bonds. The minimum Gasteiger partial charge on any atom is -0.325 e. The average molecular weight is 454 g/mol. The van der Waals surface area contributed by atoms with Crippen LogP contribution in [-0.4, -0.2) is 31.4 Å². The number of nitrogens with zero attached hydrogens (tertiary/aromatic N) is 4. The first-order chi connectivity index (χ1) is 15.0. The molecule has 0 spiro atoms. The second-order valence-corrected chi connectivity index (χ2v) is 8.03. The van der Waals surface area contributed by atoms with Gasteiger partial charge in [-0.3, -0.25) is 14.3 Å². The normalized spacial score (nSPS) is 10.8. The molecular formula is C22H17ClFN5OS. The van der Waals surface area contributed by atoms with Gasteiger partial charge in [-0.15, -0.1) is 10.2 Å². The Balaban J connectivity index is 1.59. The summed E-state index contributed by atoms with van der Waals surface area (Å²) in [5.74, 6) is 0.145. The molecule has 2 aromatic carbocycles. The second kappa shape index (κ2) is 9.28. The third-order valence-corrected chi connectivity index (χ3v) is 5.63. The van der Waals surface area contributed by atoms with Gasteiger partial charge in [-0.1, -0.05) is 29.4 Å². The number of hydrogen-bond donors (Lipinski definition) is 1. The van der Waals surface area contributed by atoms with Crippen molar-refractivity contribution in [3.8, 4) is 17.1 Å². The minimum atomic E-state index is -0.340. The number of hydrogen-bond acceptors (Lipinski definition) is 5. The van der Waals surface area contributed by atoms with Gasteiger partial charge in [-0.2, -0.15) is 0 Å². The van der Waals surface area contributed by atoms with E-state index in [1.54, 1.807) is 41.2 Å². The molecule has 1 N–H and O–H groups in total. The van der Waals surface area contributed by atoms with Gasteiger partial charge in [-0.05, 0) is 61.0 Å². The predicted molar refractivity (Wildman–Crippen MR) is 120 cm³/mol. The summed E-state index contributed by atoms with van der Waals surface area (Å²) in [5, 5.41) is 12.5. The smallest absolute Gasteiger partial charge is 0.234 e. The number of carbonyl (C=O) groups is 1. The number of aromatic nitrogens is 4. The summed E-state index contributed by atoms with van der Waals surface area (Å²) in [6.45, 7) is 1.89. The number of amides is 1. The van der Waals surface area contributed by atoms with Crippen molar-refractivity contribution < 1.29 is 9.18 Å². The monoisotopic (exact) mass is 453 g/mol. The van der Waals surface area contributed by atoms with Crippen molar-refractivity contribution in [1.82, 2.24) is 19.7 Å². The van der Waals surface area contributed by atoms with E-state index in [1.807, 2.05) is 25.1 Å². The van der Waals surface area contributed by atoms with Gasteiger partial charge in [0.25, 0.3) is 0 Å². The van der Waals surface area contributed by atoms with E-state index < -0.39 is 0 Å². The van der Waals surface area contributed by atoms with Crippen LogP contribution >= 0.6 is 23.4 Å². The Kier molecular flexibility index (Phi) is 6.29. The molecule has 0 aliphatic heterocycles. The lowest BCUT2D eigenvalue weighted by atomic mass is 10.2. The van der Waals surface area contributed by atoms with E-state index in [1.165, 1.54) is 23.9 Å². The Bertz CT molecular complexity index is 1210. The number of anilines is 1. The van der Waals surface area contributed by atoms with Crippen molar-refractivity contribution in [2.24, 2.45) is 0 Å². The summed E-state index contributed by atoms with van der Waals surface area (Å²) in [6, 6.07) is 15.0. The van der Waals surface area contributed by atoms with Crippen LogP contribution in [0.25, 0.3) is 17.1 Å². The van der Waals surface area contributed by atoms with E-state index in [0.29, 0.717) is 27.4 Å². The largest absolute Gasteiger partial charge is 0.325 e. The van der Waals surface area contributed by atoms with Crippen molar-refractivity contribution in [3.63, 3.8) is 0 Å². The van der Waals surface area contributed by atoms with Gasteiger partial charge in [0, 0.05) is 34.4 Å². The Morgan fingerprint density at radius 1 is 1.10 bits per heavy atom. The summed E-state index contributed by atoms with van der Waals surface area (Å²) >= 11 is 7.26. The molecule has 0 radical (unpaired) electrons. The van der Waals surface area contributed by atoms with Crippen LogP contribution in [0.2, 0.25) is 5.02 Å². The summed E-state index contributed by atoms with van der Waals surface area (Å²) < 4.78 is 15.2. The number of pyridine rings is 1. The van der Waals surface area contributed by atoms with E-state index in [0.717, 1.165) is 11.1 Å². The molecule has 2 aromatic heterocycles. The molecule has 0 bridgehead atoms. The van der Waals surface area contributed by atoms with Gasteiger partial charge in [0.1, 0.15) is 5.82 Å². The second-order valence-electron chi connectivity index (χ2n) is 6.65. The zero-order chi connectivity index (χ0) is 21.8. The Hall–Kier alpha value is -3.23. The van der Waals surface area contributed by atoms with Crippen molar-refractivity contribution in [2.45, 2.75) is 12.1 Å². The zero-order valence-corrected chi connectivity index (χ0v) is 18.0. The predicted octanol–water partition coefficient (Wildman–Crippen LogP) is 5.16. The molecule has 6 nitrogen and oxygen atoms in total. The highest BCUT2D eigenvalue weighted by molar-refractivity contribution is 7.99. The van der Waals surface area contributed by atoms with Crippen LogP contribution in [-0.2, 0) is 4.79 Å². The molecule has 4 rings (SSSR count). The molecule has 0 saturated heterocycles. The number of halogens is 2. The lowest BCUT2D eigenvalue weighted by Gasteiger charge is -2.11. The maximum atomic E-state index is 13.5.